The molecule has 0 fully saturated rings. The molecule has 68 valence electrons. The molecule has 0 aliphatic rings. The molecular formula is C10H16BrN. The van der Waals surface area contributed by atoms with Gasteiger partial charge in [-0.3, -0.25) is 0 Å². The van der Waals surface area contributed by atoms with Crippen LogP contribution >= 0.6 is 17.0 Å². The molecule has 0 bridgehead atoms. The van der Waals surface area contributed by atoms with E-state index >= 15 is 0 Å². The van der Waals surface area contributed by atoms with Gasteiger partial charge in [-0.15, -0.1) is 17.0 Å². The molecule has 0 radical (unpaired) electrons. The van der Waals surface area contributed by atoms with Crippen molar-refractivity contribution in [1.29, 1.82) is 0 Å². The zero-order valence-electron chi connectivity index (χ0n) is 7.66. The second-order valence-corrected chi connectivity index (χ2v) is 3.04. The molecule has 1 aromatic rings. The molecule has 1 aromatic carbocycles. The molecule has 0 aromatic heterocycles. The lowest BCUT2D eigenvalue weighted by molar-refractivity contribution is 0.413. The Balaban J connectivity index is 0.00000121. The normalized spacial score (nSPS) is 9.58. The van der Waals surface area contributed by atoms with Crippen molar-refractivity contribution in [3.05, 3.63) is 35.9 Å². The average Bonchev–Trinajstić information content (AvgIpc) is 2.03. The summed E-state index contributed by atoms with van der Waals surface area (Å²) in [5.74, 6) is 0. The first kappa shape index (κ1) is 11.7. The van der Waals surface area contributed by atoms with Crippen LogP contribution in [0.2, 0.25) is 0 Å². The van der Waals surface area contributed by atoms with Crippen LogP contribution < -0.4 is 0 Å². The standard InChI is InChI=1S/C10H15N.BrH/c1-11(2)9-8-10-6-4-3-5-7-10;/h3-7H,8-9H2,1-2H3;1H. The predicted molar refractivity (Wildman–Crippen MR) is 59.0 cm³/mol. The first-order valence-electron chi connectivity index (χ1n) is 3.97. The average molecular weight is 230 g/mol. The SMILES string of the molecule is Br.CN(C)CCc1ccccc1. The summed E-state index contributed by atoms with van der Waals surface area (Å²) in [7, 11) is 4.20. The van der Waals surface area contributed by atoms with E-state index in [2.05, 4.69) is 49.3 Å². The second-order valence-electron chi connectivity index (χ2n) is 3.04. The van der Waals surface area contributed by atoms with E-state index < -0.39 is 0 Å². The third kappa shape index (κ3) is 4.52. The van der Waals surface area contributed by atoms with E-state index in [0.29, 0.717) is 0 Å². The lowest BCUT2D eigenvalue weighted by Gasteiger charge is -2.08. The van der Waals surface area contributed by atoms with E-state index in [1.165, 1.54) is 5.56 Å². The second kappa shape index (κ2) is 6.21. The van der Waals surface area contributed by atoms with Crippen molar-refractivity contribution >= 4 is 17.0 Å². The van der Waals surface area contributed by atoms with Gasteiger partial charge >= 0.3 is 0 Å². The number of nitrogens with zero attached hydrogens (tertiary/aromatic N) is 1. The van der Waals surface area contributed by atoms with Crippen LogP contribution in [-0.2, 0) is 6.42 Å². The van der Waals surface area contributed by atoms with Crippen molar-refractivity contribution in [2.45, 2.75) is 6.42 Å². The third-order valence-corrected chi connectivity index (χ3v) is 1.69. The minimum Gasteiger partial charge on any atom is -0.309 e. The van der Waals surface area contributed by atoms with Crippen molar-refractivity contribution < 1.29 is 0 Å². The van der Waals surface area contributed by atoms with E-state index in [1.54, 1.807) is 0 Å². The molecule has 0 atom stereocenters. The molecule has 0 aliphatic heterocycles. The minimum atomic E-state index is 0. The Morgan fingerprint density at radius 3 is 2.17 bits per heavy atom. The van der Waals surface area contributed by atoms with Crippen LogP contribution in [0.25, 0.3) is 0 Å². The smallest absolute Gasteiger partial charge is 0.00157 e. The monoisotopic (exact) mass is 229 g/mol. The van der Waals surface area contributed by atoms with Gasteiger partial charge in [0.25, 0.3) is 0 Å². The van der Waals surface area contributed by atoms with Crippen LogP contribution in [0.4, 0.5) is 0 Å². The highest BCUT2D eigenvalue weighted by Gasteiger charge is 1.91. The molecule has 12 heavy (non-hydrogen) atoms. The van der Waals surface area contributed by atoms with E-state index in [1.807, 2.05) is 0 Å². The van der Waals surface area contributed by atoms with E-state index in [9.17, 15) is 0 Å². The fourth-order valence-corrected chi connectivity index (χ4v) is 0.997. The number of hydrogen-bond donors (Lipinski definition) is 0. The van der Waals surface area contributed by atoms with Crippen LogP contribution in [0.5, 0.6) is 0 Å². The van der Waals surface area contributed by atoms with Crippen LogP contribution in [0.3, 0.4) is 0 Å². The molecule has 0 heterocycles. The van der Waals surface area contributed by atoms with E-state index in [4.69, 9.17) is 0 Å². The van der Waals surface area contributed by atoms with Gasteiger partial charge in [0.1, 0.15) is 0 Å². The van der Waals surface area contributed by atoms with Gasteiger partial charge in [0.15, 0.2) is 0 Å². The Labute approximate surface area is 85.2 Å². The maximum Gasteiger partial charge on any atom is 0.00157 e. The third-order valence-electron chi connectivity index (χ3n) is 1.69. The van der Waals surface area contributed by atoms with E-state index in [-0.39, 0.29) is 17.0 Å². The highest BCUT2D eigenvalue weighted by atomic mass is 79.9. The number of benzene rings is 1. The maximum atomic E-state index is 2.20. The van der Waals surface area contributed by atoms with Crippen LogP contribution in [0.1, 0.15) is 5.56 Å². The Bertz CT molecular complexity index is 196. The summed E-state index contributed by atoms with van der Waals surface area (Å²) >= 11 is 0. The highest BCUT2D eigenvalue weighted by Crippen LogP contribution is 1.99. The van der Waals surface area contributed by atoms with Gasteiger partial charge in [0.05, 0.1) is 0 Å². The first-order chi connectivity index (χ1) is 5.29. The largest absolute Gasteiger partial charge is 0.309 e. The van der Waals surface area contributed by atoms with Crippen molar-refractivity contribution in [3.8, 4) is 0 Å². The molecule has 0 unspecified atom stereocenters. The Morgan fingerprint density at radius 1 is 1.08 bits per heavy atom. The molecule has 1 nitrogen and oxygen atoms in total. The summed E-state index contributed by atoms with van der Waals surface area (Å²) in [5.41, 5.74) is 1.42. The molecule has 0 amide bonds. The van der Waals surface area contributed by atoms with Crippen molar-refractivity contribution in [2.24, 2.45) is 0 Å². The summed E-state index contributed by atoms with van der Waals surface area (Å²) < 4.78 is 0. The number of halogens is 1. The van der Waals surface area contributed by atoms with Gasteiger partial charge in [0, 0.05) is 6.54 Å². The Hall–Kier alpha value is -0.340. The van der Waals surface area contributed by atoms with Crippen LogP contribution in [0, 0.1) is 0 Å². The van der Waals surface area contributed by atoms with Gasteiger partial charge in [-0.25, -0.2) is 0 Å². The zero-order chi connectivity index (χ0) is 8.10. The number of hydrogen-bond acceptors (Lipinski definition) is 1. The molecule has 1 rings (SSSR count). The Morgan fingerprint density at radius 2 is 1.67 bits per heavy atom. The molecule has 0 saturated heterocycles. The lowest BCUT2D eigenvalue weighted by Crippen LogP contribution is -2.14. The molecule has 0 spiro atoms. The van der Waals surface area contributed by atoms with Gasteiger partial charge in [-0.1, -0.05) is 30.3 Å². The lowest BCUT2D eigenvalue weighted by atomic mass is 10.1. The molecule has 0 saturated carbocycles. The fraction of sp³-hybridized carbons (Fsp3) is 0.400. The maximum absolute atomic E-state index is 2.20. The number of likely N-dealkylation sites (N-methyl/N-ethyl adjacent to an activating group) is 1. The molecule has 0 aliphatic carbocycles. The van der Waals surface area contributed by atoms with Crippen LogP contribution in [-0.4, -0.2) is 25.5 Å². The summed E-state index contributed by atoms with van der Waals surface area (Å²) in [4.78, 5) is 2.20. The van der Waals surface area contributed by atoms with Gasteiger partial charge < -0.3 is 4.90 Å². The summed E-state index contributed by atoms with van der Waals surface area (Å²) in [5, 5.41) is 0. The summed E-state index contributed by atoms with van der Waals surface area (Å²) in [6, 6.07) is 10.6. The molecular weight excluding hydrogens is 214 g/mol. The van der Waals surface area contributed by atoms with Crippen LogP contribution in [0.15, 0.2) is 30.3 Å². The molecule has 2 heteroatoms. The van der Waals surface area contributed by atoms with Crippen molar-refractivity contribution in [3.63, 3.8) is 0 Å². The quantitative estimate of drug-likeness (QED) is 0.770. The summed E-state index contributed by atoms with van der Waals surface area (Å²) in [6.07, 6.45) is 1.15. The van der Waals surface area contributed by atoms with Gasteiger partial charge in [-0.2, -0.15) is 0 Å². The molecule has 0 N–H and O–H groups in total. The van der Waals surface area contributed by atoms with E-state index in [0.717, 1.165) is 13.0 Å². The highest BCUT2D eigenvalue weighted by molar-refractivity contribution is 8.93. The number of rotatable bonds is 3. The van der Waals surface area contributed by atoms with Gasteiger partial charge in [-0.05, 0) is 26.1 Å². The topological polar surface area (TPSA) is 3.24 Å². The summed E-state index contributed by atoms with van der Waals surface area (Å²) in [6.45, 7) is 1.13. The van der Waals surface area contributed by atoms with Crippen molar-refractivity contribution in [1.82, 2.24) is 4.90 Å². The Kier molecular flexibility index (Phi) is 6.03. The zero-order valence-corrected chi connectivity index (χ0v) is 9.37. The first-order valence-corrected chi connectivity index (χ1v) is 3.97. The van der Waals surface area contributed by atoms with Crippen molar-refractivity contribution in [2.75, 3.05) is 20.6 Å². The van der Waals surface area contributed by atoms with Gasteiger partial charge in [0.2, 0.25) is 0 Å². The fourth-order valence-electron chi connectivity index (χ4n) is 0.997. The minimum absolute atomic E-state index is 0. The predicted octanol–water partition coefficient (Wildman–Crippen LogP) is 2.37.